The highest BCUT2D eigenvalue weighted by molar-refractivity contribution is 7.99. The molecular weight excluding hydrogens is 458 g/mol. The van der Waals surface area contributed by atoms with Gasteiger partial charge in [0.25, 0.3) is 0 Å². The maximum absolute atomic E-state index is 13.6. The SMILES string of the molecule is Cn1c(Cn2nnc3ccccc32)nnc1SCC(=O)N1C2=CCCC=C2CCc2ccccc21. The summed E-state index contributed by atoms with van der Waals surface area (Å²) >= 11 is 1.41. The number of nitrogens with zero attached hydrogens (tertiary/aromatic N) is 7. The first-order chi connectivity index (χ1) is 17.2. The summed E-state index contributed by atoms with van der Waals surface area (Å²) in [6, 6.07) is 16.1. The lowest BCUT2D eigenvalue weighted by Gasteiger charge is -2.28. The fraction of sp³-hybridized carbons (Fsp3) is 0.269. The van der Waals surface area contributed by atoms with Crippen molar-refractivity contribution in [3.8, 4) is 0 Å². The Balaban J connectivity index is 1.22. The normalized spacial score (nSPS) is 15.3. The van der Waals surface area contributed by atoms with E-state index in [-0.39, 0.29) is 11.7 Å². The Bertz CT molecular complexity index is 1480. The summed E-state index contributed by atoms with van der Waals surface area (Å²) < 4.78 is 3.74. The van der Waals surface area contributed by atoms with Crippen LogP contribution >= 0.6 is 11.8 Å². The van der Waals surface area contributed by atoms with E-state index >= 15 is 0 Å². The largest absolute Gasteiger partial charge is 0.308 e. The van der Waals surface area contributed by atoms with Crippen LogP contribution in [0.25, 0.3) is 11.0 Å². The van der Waals surface area contributed by atoms with E-state index in [9.17, 15) is 4.79 Å². The van der Waals surface area contributed by atoms with Crippen molar-refractivity contribution in [1.29, 1.82) is 0 Å². The third-order valence-corrected chi connectivity index (χ3v) is 7.58. The molecule has 2 aromatic carbocycles. The molecule has 0 unspecified atom stereocenters. The van der Waals surface area contributed by atoms with E-state index in [0.29, 0.717) is 11.7 Å². The van der Waals surface area contributed by atoms with Gasteiger partial charge in [-0.3, -0.25) is 9.69 Å². The average Bonchev–Trinajstić information content (AvgIpc) is 3.41. The molecular formula is C26H25N7OS. The van der Waals surface area contributed by atoms with Crippen LogP contribution in [-0.4, -0.2) is 41.4 Å². The molecule has 0 bridgehead atoms. The minimum absolute atomic E-state index is 0.0511. The van der Waals surface area contributed by atoms with E-state index in [4.69, 9.17) is 0 Å². The fourth-order valence-corrected chi connectivity index (χ4v) is 5.53. The van der Waals surface area contributed by atoms with Crippen LogP contribution in [0.5, 0.6) is 0 Å². The van der Waals surface area contributed by atoms with Gasteiger partial charge < -0.3 is 4.57 Å². The number of amides is 1. The number of para-hydroxylation sites is 2. The van der Waals surface area contributed by atoms with Crippen LogP contribution in [0.4, 0.5) is 5.69 Å². The Labute approximate surface area is 207 Å². The van der Waals surface area contributed by atoms with Crippen LogP contribution < -0.4 is 4.90 Å². The molecule has 8 nitrogen and oxygen atoms in total. The van der Waals surface area contributed by atoms with Crippen molar-refractivity contribution in [2.75, 3.05) is 10.7 Å². The summed E-state index contributed by atoms with van der Waals surface area (Å²) in [6.07, 6.45) is 8.40. The van der Waals surface area contributed by atoms with Crippen LogP contribution in [0.1, 0.15) is 30.7 Å². The Kier molecular flexibility index (Phi) is 5.69. The second-order valence-corrected chi connectivity index (χ2v) is 9.68. The molecule has 0 saturated heterocycles. The Morgan fingerprint density at radius 3 is 2.74 bits per heavy atom. The van der Waals surface area contributed by atoms with E-state index in [0.717, 1.165) is 53.9 Å². The number of allylic oxidation sites excluding steroid dienone is 3. The number of thioether (sulfide) groups is 1. The van der Waals surface area contributed by atoms with Crippen LogP contribution in [0.3, 0.4) is 0 Å². The highest BCUT2D eigenvalue weighted by Gasteiger charge is 2.28. The number of aryl methyl sites for hydroxylation is 1. The van der Waals surface area contributed by atoms with Gasteiger partial charge in [0.1, 0.15) is 12.1 Å². The number of carbonyl (C=O) groups excluding carboxylic acids is 1. The second kappa shape index (κ2) is 9.14. The molecule has 0 atom stereocenters. The van der Waals surface area contributed by atoms with Crippen LogP contribution in [0.2, 0.25) is 0 Å². The van der Waals surface area contributed by atoms with Gasteiger partial charge in [0, 0.05) is 12.7 Å². The second-order valence-electron chi connectivity index (χ2n) is 8.74. The molecule has 35 heavy (non-hydrogen) atoms. The number of aromatic nitrogens is 6. The van der Waals surface area contributed by atoms with E-state index < -0.39 is 0 Å². The highest BCUT2D eigenvalue weighted by Crippen LogP contribution is 2.37. The van der Waals surface area contributed by atoms with Gasteiger partial charge in [0.2, 0.25) is 5.91 Å². The summed E-state index contributed by atoms with van der Waals surface area (Å²) in [5, 5.41) is 17.9. The number of carbonyl (C=O) groups is 1. The van der Waals surface area contributed by atoms with Crippen LogP contribution in [0, 0.1) is 0 Å². The van der Waals surface area contributed by atoms with Crippen molar-refractivity contribution in [3.63, 3.8) is 0 Å². The van der Waals surface area contributed by atoms with Crippen LogP contribution in [-0.2, 0) is 24.8 Å². The molecule has 0 radical (unpaired) electrons. The molecule has 0 spiro atoms. The molecule has 3 heterocycles. The quantitative estimate of drug-likeness (QED) is 0.394. The molecule has 1 aliphatic carbocycles. The lowest BCUT2D eigenvalue weighted by atomic mass is 9.98. The first kappa shape index (κ1) is 21.8. The molecule has 0 N–H and O–H groups in total. The lowest BCUT2D eigenvalue weighted by Crippen LogP contribution is -2.33. The van der Waals surface area contributed by atoms with Gasteiger partial charge in [0.15, 0.2) is 11.0 Å². The minimum atomic E-state index is 0.0511. The molecule has 0 saturated carbocycles. The van der Waals surface area contributed by atoms with Gasteiger partial charge in [-0.05, 0) is 55.0 Å². The number of hydrogen-bond donors (Lipinski definition) is 0. The molecule has 1 aliphatic heterocycles. The monoisotopic (exact) mass is 483 g/mol. The molecule has 176 valence electrons. The third-order valence-electron chi connectivity index (χ3n) is 6.57. The van der Waals surface area contributed by atoms with Crippen molar-refractivity contribution in [2.45, 2.75) is 37.4 Å². The van der Waals surface area contributed by atoms with Crippen molar-refractivity contribution in [3.05, 3.63) is 83.3 Å². The van der Waals surface area contributed by atoms with Gasteiger partial charge >= 0.3 is 0 Å². The fourth-order valence-electron chi connectivity index (χ4n) is 4.75. The maximum Gasteiger partial charge on any atom is 0.242 e. The standard InChI is InChI=1S/C26H25N7OS/c1-31-24(16-32-23-13-7-4-10-20(23)27-30-32)28-29-26(31)35-17-25(34)33-21-11-5-2-8-18(21)14-15-19-9-3-6-12-22(19)33/h2,4-5,7-13H,3,6,14-17H2,1H3. The highest BCUT2D eigenvalue weighted by atomic mass is 32.2. The molecule has 1 amide bonds. The Morgan fingerprint density at radius 1 is 0.971 bits per heavy atom. The summed E-state index contributed by atoms with van der Waals surface area (Å²) in [4.78, 5) is 15.5. The van der Waals surface area contributed by atoms with Gasteiger partial charge in [-0.25, -0.2) is 4.68 Å². The van der Waals surface area contributed by atoms with Crippen molar-refractivity contribution >= 4 is 34.4 Å². The van der Waals surface area contributed by atoms with E-state index in [1.54, 1.807) is 0 Å². The maximum atomic E-state index is 13.6. The summed E-state index contributed by atoms with van der Waals surface area (Å²) in [5.74, 6) is 1.09. The first-order valence-electron chi connectivity index (χ1n) is 11.8. The summed E-state index contributed by atoms with van der Waals surface area (Å²) in [5.41, 5.74) is 6.31. The molecule has 9 heteroatoms. The smallest absolute Gasteiger partial charge is 0.242 e. The number of rotatable bonds is 5. The van der Waals surface area contributed by atoms with E-state index in [1.165, 1.54) is 22.9 Å². The Morgan fingerprint density at radius 2 is 1.80 bits per heavy atom. The summed E-state index contributed by atoms with van der Waals surface area (Å²) in [6.45, 7) is 0.457. The van der Waals surface area contributed by atoms with Crippen LogP contribution in [0.15, 0.2) is 77.1 Å². The topological polar surface area (TPSA) is 81.7 Å². The average molecular weight is 484 g/mol. The minimum Gasteiger partial charge on any atom is -0.308 e. The molecule has 4 aromatic rings. The molecule has 2 aliphatic rings. The van der Waals surface area contributed by atoms with Crippen molar-refractivity contribution in [1.82, 2.24) is 29.8 Å². The lowest BCUT2D eigenvalue weighted by molar-refractivity contribution is -0.115. The van der Waals surface area contributed by atoms with Gasteiger partial charge in [-0.1, -0.05) is 59.5 Å². The van der Waals surface area contributed by atoms with E-state index in [2.05, 4.69) is 44.8 Å². The predicted octanol–water partition coefficient (Wildman–Crippen LogP) is 4.28. The Hall–Kier alpha value is -3.72. The molecule has 0 fully saturated rings. The third kappa shape index (κ3) is 4.05. The van der Waals surface area contributed by atoms with Gasteiger partial charge in [0.05, 0.1) is 17.0 Å². The number of hydrogen-bond acceptors (Lipinski definition) is 6. The zero-order chi connectivity index (χ0) is 23.8. The van der Waals surface area contributed by atoms with Crippen molar-refractivity contribution in [2.24, 2.45) is 7.05 Å². The predicted molar refractivity (Wildman–Crippen MR) is 136 cm³/mol. The zero-order valence-corrected chi connectivity index (χ0v) is 20.3. The van der Waals surface area contributed by atoms with E-state index in [1.807, 2.05) is 57.6 Å². The molecule has 6 rings (SSSR count). The number of anilines is 1. The van der Waals surface area contributed by atoms with Gasteiger partial charge in [-0.2, -0.15) is 0 Å². The number of fused-ring (bicyclic) bond motifs is 3. The molecule has 2 aromatic heterocycles. The number of benzene rings is 2. The van der Waals surface area contributed by atoms with Gasteiger partial charge in [-0.15, -0.1) is 15.3 Å². The summed E-state index contributed by atoms with van der Waals surface area (Å²) in [7, 11) is 1.92. The zero-order valence-electron chi connectivity index (χ0n) is 19.5. The van der Waals surface area contributed by atoms with Crippen molar-refractivity contribution < 1.29 is 4.79 Å². The first-order valence-corrected chi connectivity index (χ1v) is 12.8.